The molecule has 1 aromatic rings. The number of carbonyl (C=O) groups excluding carboxylic acids is 4. The topological polar surface area (TPSA) is 137 Å². The highest BCUT2D eigenvalue weighted by Crippen LogP contribution is 2.15. The van der Waals surface area contributed by atoms with Crippen molar-refractivity contribution in [3.63, 3.8) is 0 Å². The van der Waals surface area contributed by atoms with E-state index in [1.54, 1.807) is 34.6 Å². The molecule has 2 amide bonds. The van der Waals surface area contributed by atoms with E-state index in [4.69, 9.17) is 15.3 Å². The molecule has 0 aliphatic heterocycles. The number of nitrogens with one attached hydrogen (secondary N) is 2. The van der Waals surface area contributed by atoms with Gasteiger partial charge in [0, 0.05) is 0 Å². The second-order valence-corrected chi connectivity index (χ2v) is 8.55. The van der Waals surface area contributed by atoms with Crippen LogP contribution in [0.2, 0.25) is 0 Å². The van der Waals surface area contributed by atoms with Gasteiger partial charge < -0.3 is 15.8 Å². The number of esters is 1. The summed E-state index contributed by atoms with van der Waals surface area (Å²) in [4.78, 5) is 54.4. The standard InChI is InChI=1S/C22H33N3O6/c1-14(2)19(17(26)12-24-30-13-15-9-7-6-8-10-15)20(28)25-16(11-18(23)27)21(29)31-22(3,4)5/h6-10,14,16,19,24H,11-13H2,1-5H3,(H2,23,27)(H,25,28)/t16-,19?/m0/s1. The predicted octanol–water partition coefficient (Wildman–Crippen LogP) is 1.25. The van der Waals surface area contributed by atoms with E-state index in [0.29, 0.717) is 0 Å². The van der Waals surface area contributed by atoms with Gasteiger partial charge in [-0.15, -0.1) is 0 Å². The molecule has 1 rings (SSSR count). The van der Waals surface area contributed by atoms with Crippen LogP contribution >= 0.6 is 0 Å². The lowest BCUT2D eigenvalue weighted by molar-refractivity contribution is -0.160. The minimum absolute atomic E-state index is 0.198. The van der Waals surface area contributed by atoms with Crippen molar-refractivity contribution in [2.24, 2.45) is 17.6 Å². The van der Waals surface area contributed by atoms with Crippen molar-refractivity contribution in [3.05, 3.63) is 35.9 Å². The molecule has 0 aliphatic carbocycles. The Labute approximate surface area is 183 Å². The molecule has 172 valence electrons. The van der Waals surface area contributed by atoms with Gasteiger partial charge in [-0.2, -0.15) is 5.48 Å². The van der Waals surface area contributed by atoms with Gasteiger partial charge in [-0.05, 0) is 32.3 Å². The number of hydroxylamine groups is 1. The Morgan fingerprint density at radius 2 is 1.68 bits per heavy atom. The number of carbonyl (C=O) groups is 4. The van der Waals surface area contributed by atoms with Gasteiger partial charge in [0.2, 0.25) is 11.8 Å². The Balaban J connectivity index is 2.72. The number of ketones is 1. The number of Topliss-reactive ketones (excluding diaryl/α,β-unsaturated/α-hetero) is 1. The maximum Gasteiger partial charge on any atom is 0.329 e. The second-order valence-electron chi connectivity index (χ2n) is 8.55. The highest BCUT2D eigenvalue weighted by Gasteiger charge is 2.34. The molecule has 0 saturated heterocycles. The summed E-state index contributed by atoms with van der Waals surface area (Å²) < 4.78 is 5.25. The number of hydrogen-bond donors (Lipinski definition) is 3. The van der Waals surface area contributed by atoms with Crippen LogP contribution in [0.15, 0.2) is 30.3 Å². The molecule has 1 aromatic carbocycles. The van der Waals surface area contributed by atoms with E-state index in [2.05, 4.69) is 10.8 Å². The number of primary amides is 1. The van der Waals surface area contributed by atoms with Gasteiger partial charge in [-0.25, -0.2) is 4.79 Å². The van der Waals surface area contributed by atoms with Crippen LogP contribution in [-0.4, -0.2) is 41.8 Å². The molecule has 0 fully saturated rings. The number of hydrogen-bond acceptors (Lipinski definition) is 7. The first kappa shape index (κ1) is 26.3. The third-order valence-electron chi connectivity index (χ3n) is 4.14. The monoisotopic (exact) mass is 435 g/mol. The van der Waals surface area contributed by atoms with Crippen LogP contribution in [0.25, 0.3) is 0 Å². The van der Waals surface area contributed by atoms with Gasteiger partial charge in [0.1, 0.15) is 17.6 Å². The quantitative estimate of drug-likeness (QED) is 0.194. The van der Waals surface area contributed by atoms with E-state index in [9.17, 15) is 19.2 Å². The first-order valence-corrected chi connectivity index (χ1v) is 10.1. The lowest BCUT2D eigenvalue weighted by atomic mass is 9.90. The summed E-state index contributed by atoms with van der Waals surface area (Å²) >= 11 is 0. The second kappa shape index (κ2) is 12.2. The first-order chi connectivity index (χ1) is 14.4. The van der Waals surface area contributed by atoms with Crippen LogP contribution in [0.1, 0.15) is 46.6 Å². The fourth-order valence-electron chi connectivity index (χ4n) is 2.79. The van der Waals surface area contributed by atoms with Gasteiger partial charge in [-0.1, -0.05) is 44.2 Å². The van der Waals surface area contributed by atoms with Crippen LogP contribution in [-0.2, 0) is 35.4 Å². The molecule has 0 heterocycles. The Kier molecular flexibility index (Phi) is 10.3. The number of nitrogens with two attached hydrogens (primary N) is 1. The highest BCUT2D eigenvalue weighted by atomic mass is 16.6. The van der Waals surface area contributed by atoms with Crippen molar-refractivity contribution in [2.45, 2.75) is 59.3 Å². The fourth-order valence-corrected chi connectivity index (χ4v) is 2.79. The summed E-state index contributed by atoms with van der Waals surface area (Å²) in [5.41, 5.74) is 7.88. The summed E-state index contributed by atoms with van der Waals surface area (Å²) in [5.74, 6) is -4.06. The smallest absolute Gasteiger partial charge is 0.329 e. The van der Waals surface area contributed by atoms with Crippen molar-refractivity contribution in [2.75, 3.05) is 6.54 Å². The molecule has 0 bridgehead atoms. The first-order valence-electron chi connectivity index (χ1n) is 10.1. The molecule has 0 aliphatic rings. The molecular formula is C22H33N3O6. The van der Waals surface area contributed by atoms with Gasteiger partial charge in [-0.3, -0.25) is 19.2 Å². The zero-order chi connectivity index (χ0) is 23.6. The Bertz CT molecular complexity index is 758. The van der Waals surface area contributed by atoms with Crippen molar-refractivity contribution >= 4 is 23.6 Å². The molecule has 31 heavy (non-hydrogen) atoms. The third kappa shape index (κ3) is 10.2. The maximum absolute atomic E-state index is 12.8. The molecule has 4 N–H and O–H groups in total. The van der Waals surface area contributed by atoms with Crippen molar-refractivity contribution < 1.29 is 28.8 Å². The average molecular weight is 436 g/mol. The van der Waals surface area contributed by atoms with Crippen LogP contribution in [0.3, 0.4) is 0 Å². The summed E-state index contributed by atoms with van der Waals surface area (Å²) in [6.07, 6.45) is -0.432. The summed E-state index contributed by atoms with van der Waals surface area (Å²) in [7, 11) is 0. The number of benzene rings is 1. The Morgan fingerprint density at radius 1 is 1.06 bits per heavy atom. The third-order valence-corrected chi connectivity index (χ3v) is 4.14. The molecule has 0 radical (unpaired) electrons. The SMILES string of the molecule is CC(C)C(C(=O)CNOCc1ccccc1)C(=O)N[C@@H](CC(N)=O)C(=O)OC(C)(C)C. The van der Waals surface area contributed by atoms with E-state index >= 15 is 0 Å². The van der Waals surface area contributed by atoms with Crippen molar-refractivity contribution in [1.29, 1.82) is 0 Å². The summed E-state index contributed by atoms with van der Waals surface area (Å²) in [5, 5.41) is 2.45. The maximum atomic E-state index is 12.8. The molecule has 1 unspecified atom stereocenters. The van der Waals surface area contributed by atoms with Crippen molar-refractivity contribution in [3.8, 4) is 0 Å². The fraction of sp³-hybridized carbons (Fsp3) is 0.545. The van der Waals surface area contributed by atoms with E-state index < -0.39 is 47.5 Å². The number of amides is 2. The van der Waals surface area contributed by atoms with E-state index in [1.807, 2.05) is 30.3 Å². The molecule has 0 spiro atoms. The summed E-state index contributed by atoms with van der Waals surface area (Å²) in [6.45, 7) is 8.47. The zero-order valence-corrected chi connectivity index (χ0v) is 18.8. The minimum atomic E-state index is -1.28. The average Bonchev–Trinajstić information content (AvgIpc) is 2.63. The van der Waals surface area contributed by atoms with Crippen LogP contribution < -0.4 is 16.5 Å². The van der Waals surface area contributed by atoms with Gasteiger partial charge >= 0.3 is 5.97 Å². The van der Waals surface area contributed by atoms with Crippen LogP contribution in [0.5, 0.6) is 0 Å². The van der Waals surface area contributed by atoms with Crippen LogP contribution in [0, 0.1) is 11.8 Å². The molecular weight excluding hydrogens is 402 g/mol. The predicted molar refractivity (Wildman–Crippen MR) is 114 cm³/mol. The van der Waals surface area contributed by atoms with Crippen molar-refractivity contribution in [1.82, 2.24) is 10.8 Å². The van der Waals surface area contributed by atoms with E-state index in [1.165, 1.54) is 0 Å². The zero-order valence-electron chi connectivity index (χ0n) is 18.8. The molecule has 9 heteroatoms. The van der Waals surface area contributed by atoms with E-state index in [-0.39, 0.29) is 19.1 Å². The number of ether oxygens (including phenoxy) is 1. The highest BCUT2D eigenvalue weighted by molar-refractivity contribution is 6.03. The molecule has 9 nitrogen and oxygen atoms in total. The lowest BCUT2D eigenvalue weighted by Crippen LogP contribution is -2.50. The largest absolute Gasteiger partial charge is 0.458 e. The minimum Gasteiger partial charge on any atom is -0.458 e. The molecule has 0 saturated carbocycles. The molecule has 0 aromatic heterocycles. The van der Waals surface area contributed by atoms with Gasteiger partial charge in [0.05, 0.1) is 19.6 Å². The lowest BCUT2D eigenvalue weighted by Gasteiger charge is -2.26. The Morgan fingerprint density at radius 3 is 2.19 bits per heavy atom. The normalized spacial score (nSPS) is 13.4. The van der Waals surface area contributed by atoms with E-state index in [0.717, 1.165) is 5.56 Å². The Hall–Kier alpha value is -2.78. The van der Waals surface area contributed by atoms with Crippen LogP contribution in [0.4, 0.5) is 0 Å². The number of rotatable bonds is 12. The summed E-state index contributed by atoms with van der Waals surface area (Å²) in [6, 6.07) is 8.11. The van der Waals surface area contributed by atoms with Gasteiger partial charge in [0.15, 0.2) is 5.78 Å². The molecule has 2 atom stereocenters. The van der Waals surface area contributed by atoms with Gasteiger partial charge in [0.25, 0.3) is 0 Å².